The van der Waals surface area contributed by atoms with Gasteiger partial charge < -0.3 is 14.0 Å². The van der Waals surface area contributed by atoms with Gasteiger partial charge in [-0.2, -0.15) is 4.31 Å². The normalized spacial score (nSPS) is 15.5. The van der Waals surface area contributed by atoms with Crippen LogP contribution in [-0.2, 0) is 34.4 Å². The number of morpholine rings is 1. The van der Waals surface area contributed by atoms with Gasteiger partial charge in [0.1, 0.15) is 11.6 Å². The van der Waals surface area contributed by atoms with Gasteiger partial charge in [-0.3, -0.25) is 4.90 Å². The van der Waals surface area contributed by atoms with E-state index in [1.807, 2.05) is 31.3 Å². The van der Waals surface area contributed by atoms with Crippen LogP contribution in [0.15, 0.2) is 47.4 Å². The summed E-state index contributed by atoms with van der Waals surface area (Å²) in [5.74, 6) is 1.77. The molecule has 0 saturated carbocycles. The molecule has 1 saturated heterocycles. The lowest BCUT2D eigenvalue weighted by atomic mass is 10.2. The Labute approximate surface area is 189 Å². The van der Waals surface area contributed by atoms with Crippen molar-refractivity contribution in [1.29, 1.82) is 0 Å². The zero-order valence-corrected chi connectivity index (χ0v) is 19.6. The predicted octanol–water partition coefficient (Wildman–Crippen LogP) is 2.72. The lowest BCUT2D eigenvalue weighted by molar-refractivity contribution is 0.0730. The maximum atomic E-state index is 13.0. The van der Waals surface area contributed by atoms with Crippen LogP contribution >= 0.6 is 0 Å². The highest BCUT2D eigenvalue weighted by Crippen LogP contribution is 2.25. The van der Waals surface area contributed by atoms with Crippen LogP contribution < -0.4 is 4.74 Å². The number of para-hydroxylation sites is 1. The first-order valence-corrected chi connectivity index (χ1v) is 12.3. The number of methoxy groups -OCH3 is 1. The zero-order valence-electron chi connectivity index (χ0n) is 18.8. The van der Waals surface area contributed by atoms with Crippen LogP contribution in [0.25, 0.3) is 11.0 Å². The fourth-order valence-electron chi connectivity index (χ4n) is 4.15. The molecule has 0 atom stereocenters. The van der Waals surface area contributed by atoms with Gasteiger partial charge >= 0.3 is 0 Å². The minimum absolute atomic E-state index is 0.279. The van der Waals surface area contributed by atoms with Gasteiger partial charge in [0, 0.05) is 31.7 Å². The molecule has 1 aromatic heterocycles. The van der Waals surface area contributed by atoms with Gasteiger partial charge in [0.2, 0.25) is 10.0 Å². The van der Waals surface area contributed by atoms with Crippen LogP contribution in [0.5, 0.6) is 5.75 Å². The Morgan fingerprint density at radius 3 is 2.59 bits per heavy atom. The summed E-state index contributed by atoms with van der Waals surface area (Å²) in [6.45, 7) is 5.78. The Morgan fingerprint density at radius 1 is 1.12 bits per heavy atom. The van der Waals surface area contributed by atoms with Crippen LogP contribution in [-0.4, -0.2) is 67.6 Å². The smallest absolute Gasteiger partial charge is 0.243 e. The number of aromatic nitrogens is 2. The third-order valence-corrected chi connectivity index (χ3v) is 7.66. The molecule has 9 heteroatoms. The van der Waals surface area contributed by atoms with Gasteiger partial charge in [0.15, 0.2) is 0 Å². The Hall–Kier alpha value is -2.46. The molecule has 2 aromatic carbocycles. The summed E-state index contributed by atoms with van der Waals surface area (Å²) in [4.78, 5) is 7.27. The molecule has 0 spiro atoms. The SMILES string of the molecule is CCn1c(CN(C)Cc2ccccc2OC)nc2cc(S(=O)(=O)N3CCOCC3)ccc21. The Morgan fingerprint density at radius 2 is 1.88 bits per heavy atom. The van der Waals surface area contributed by atoms with E-state index in [0.717, 1.165) is 29.2 Å². The van der Waals surface area contributed by atoms with Crippen LogP contribution in [0.1, 0.15) is 18.3 Å². The average Bonchev–Trinajstić information content (AvgIpc) is 3.15. The van der Waals surface area contributed by atoms with Crippen molar-refractivity contribution in [2.45, 2.75) is 31.5 Å². The van der Waals surface area contributed by atoms with Crippen molar-refractivity contribution in [3.05, 3.63) is 53.9 Å². The van der Waals surface area contributed by atoms with E-state index in [2.05, 4.69) is 22.5 Å². The average molecular weight is 459 g/mol. The summed E-state index contributed by atoms with van der Waals surface area (Å²) in [5, 5.41) is 0. The molecule has 4 rings (SSSR count). The number of ether oxygens (including phenoxy) is 2. The third kappa shape index (κ3) is 4.52. The number of imidazole rings is 1. The largest absolute Gasteiger partial charge is 0.496 e. The van der Waals surface area contributed by atoms with E-state index in [0.29, 0.717) is 44.9 Å². The van der Waals surface area contributed by atoms with Crippen molar-refractivity contribution < 1.29 is 17.9 Å². The quantitative estimate of drug-likeness (QED) is 0.517. The highest BCUT2D eigenvalue weighted by atomic mass is 32.2. The van der Waals surface area contributed by atoms with Crippen molar-refractivity contribution in [3.63, 3.8) is 0 Å². The molecular weight excluding hydrogens is 428 g/mol. The molecule has 32 heavy (non-hydrogen) atoms. The number of rotatable bonds is 8. The van der Waals surface area contributed by atoms with Crippen molar-refractivity contribution in [2.24, 2.45) is 0 Å². The summed E-state index contributed by atoms with van der Waals surface area (Å²) >= 11 is 0. The predicted molar refractivity (Wildman–Crippen MR) is 123 cm³/mol. The van der Waals surface area contributed by atoms with Crippen molar-refractivity contribution in [1.82, 2.24) is 18.8 Å². The lowest BCUT2D eigenvalue weighted by Gasteiger charge is -2.26. The summed E-state index contributed by atoms with van der Waals surface area (Å²) in [7, 11) is 0.165. The minimum atomic E-state index is -3.56. The number of benzene rings is 2. The molecule has 0 N–H and O–H groups in total. The number of aryl methyl sites for hydroxylation is 1. The van der Waals surface area contributed by atoms with Gasteiger partial charge in [-0.15, -0.1) is 0 Å². The molecule has 172 valence electrons. The Balaban J connectivity index is 1.60. The molecule has 1 aliphatic rings. The van der Waals surface area contributed by atoms with Gasteiger partial charge in [-0.25, -0.2) is 13.4 Å². The molecular formula is C23H30N4O4S. The number of fused-ring (bicyclic) bond motifs is 1. The summed E-state index contributed by atoms with van der Waals surface area (Å²) in [5.41, 5.74) is 2.74. The molecule has 1 fully saturated rings. The van der Waals surface area contributed by atoms with Crippen molar-refractivity contribution in [2.75, 3.05) is 40.5 Å². The maximum absolute atomic E-state index is 13.0. The Bertz CT molecular complexity index is 1190. The standard InChI is InChI=1S/C23H30N4O4S/c1-4-27-21-10-9-19(32(28,29)26-11-13-31-14-12-26)15-20(21)24-23(27)17-25(2)16-18-7-5-6-8-22(18)30-3/h5-10,15H,4,11-14,16-17H2,1-3H3. The van der Waals surface area contributed by atoms with E-state index in [9.17, 15) is 8.42 Å². The minimum Gasteiger partial charge on any atom is -0.496 e. The summed E-state index contributed by atoms with van der Waals surface area (Å²) in [6, 6.07) is 13.2. The van der Waals surface area contributed by atoms with Crippen LogP contribution in [0.4, 0.5) is 0 Å². The molecule has 1 aliphatic heterocycles. The van der Waals surface area contributed by atoms with Crippen molar-refractivity contribution in [3.8, 4) is 5.75 Å². The van der Waals surface area contributed by atoms with E-state index in [-0.39, 0.29) is 4.90 Å². The molecule has 0 unspecified atom stereocenters. The fraction of sp³-hybridized carbons (Fsp3) is 0.435. The Kier molecular flexibility index (Phi) is 6.80. The van der Waals surface area contributed by atoms with Gasteiger partial charge in [-0.05, 0) is 38.2 Å². The van der Waals surface area contributed by atoms with E-state index < -0.39 is 10.0 Å². The first-order valence-electron chi connectivity index (χ1n) is 10.8. The monoisotopic (exact) mass is 458 g/mol. The second kappa shape index (κ2) is 9.58. The first kappa shape index (κ1) is 22.7. The number of hydrogen-bond donors (Lipinski definition) is 0. The molecule has 3 aromatic rings. The molecule has 8 nitrogen and oxygen atoms in total. The molecule has 0 amide bonds. The highest BCUT2D eigenvalue weighted by molar-refractivity contribution is 7.89. The second-order valence-electron chi connectivity index (χ2n) is 7.92. The van der Waals surface area contributed by atoms with E-state index >= 15 is 0 Å². The van der Waals surface area contributed by atoms with Crippen LogP contribution in [0, 0.1) is 0 Å². The summed E-state index contributed by atoms with van der Waals surface area (Å²) in [6.07, 6.45) is 0. The van der Waals surface area contributed by atoms with E-state index in [4.69, 9.17) is 14.5 Å². The topological polar surface area (TPSA) is 76.9 Å². The number of sulfonamides is 1. The van der Waals surface area contributed by atoms with Crippen LogP contribution in [0.3, 0.4) is 0 Å². The fourth-order valence-corrected chi connectivity index (χ4v) is 5.58. The molecule has 0 radical (unpaired) electrons. The van der Waals surface area contributed by atoms with E-state index in [1.54, 1.807) is 19.2 Å². The maximum Gasteiger partial charge on any atom is 0.243 e. The summed E-state index contributed by atoms with van der Waals surface area (Å²) < 4.78 is 40.5. The third-order valence-electron chi connectivity index (χ3n) is 5.77. The van der Waals surface area contributed by atoms with Crippen LogP contribution in [0.2, 0.25) is 0 Å². The second-order valence-corrected chi connectivity index (χ2v) is 9.86. The lowest BCUT2D eigenvalue weighted by Crippen LogP contribution is -2.40. The number of nitrogens with zero attached hydrogens (tertiary/aromatic N) is 4. The van der Waals surface area contributed by atoms with Gasteiger partial charge in [0.25, 0.3) is 0 Å². The molecule has 0 aliphatic carbocycles. The van der Waals surface area contributed by atoms with E-state index in [1.165, 1.54) is 4.31 Å². The van der Waals surface area contributed by atoms with Gasteiger partial charge in [-0.1, -0.05) is 18.2 Å². The highest BCUT2D eigenvalue weighted by Gasteiger charge is 2.27. The number of hydrogen-bond acceptors (Lipinski definition) is 6. The first-order chi connectivity index (χ1) is 15.4. The zero-order chi connectivity index (χ0) is 22.7. The molecule has 0 bridgehead atoms. The van der Waals surface area contributed by atoms with Gasteiger partial charge in [0.05, 0.1) is 42.8 Å². The van der Waals surface area contributed by atoms with Crippen molar-refractivity contribution >= 4 is 21.1 Å². The molecule has 2 heterocycles.